The minimum absolute atomic E-state index is 0.0440. The molecule has 1 aliphatic heterocycles. The molecular formula is C14H22N2O2. The summed E-state index contributed by atoms with van der Waals surface area (Å²) in [4.78, 5) is 27.0. The summed E-state index contributed by atoms with van der Waals surface area (Å²) < 4.78 is 0. The molecule has 18 heavy (non-hydrogen) atoms. The molecule has 2 rings (SSSR count). The topological polar surface area (TPSA) is 50.3 Å². The summed E-state index contributed by atoms with van der Waals surface area (Å²) >= 11 is 0. The second kappa shape index (κ2) is 9.33. The number of carbonyl (C=O) groups is 2. The first-order valence-corrected chi connectivity index (χ1v) is 6.20. The number of pyridine rings is 1. The Labute approximate surface area is 109 Å². The minimum Gasteiger partial charge on any atom is -0.345 e. The average Bonchev–Trinajstić information content (AvgIpc) is 2.75. The van der Waals surface area contributed by atoms with Gasteiger partial charge in [-0.1, -0.05) is 19.9 Å². The van der Waals surface area contributed by atoms with Crippen molar-refractivity contribution in [2.45, 2.75) is 27.2 Å². The molecule has 1 amide bonds. The Morgan fingerprint density at radius 3 is 2.00 bits per heavy atom. The van der Waals surface area contributed by atoms with Crippen molar-refractivity contribution in [3.63, 3.8) is 0 Å². The predicted octanol–water partition coefficient (Wildman–Crippen LogP) is 2.16. The van der Waals surface area contributed by atoms with Crippen molar-refractivity contribution in [3.8, 4) is 0 Å². The molecule has 1 aliphatic rings. The van der Waals surface area contributed by atoms with Crippen LogP contribution in [0.2, 0.25) is 0 Å². The first kappa shape index (κ1) is 16.3. The fraction of sp³-hybridized carbons (Fsp3) is 0.500. The highest BCUT2D eigenvalue weighted by Gasteiger charge is 2.29. The van der Waals surface area contributed by atoms with E-state index in [9.17, 15) is 9.59 Å². The van der Waals surface area contributed by atoms with Crippen LogP contribution in [-0.4, -0.2) is 35.2 Å². The first-order valence-electron chi connectivity index (χ1n) is 6.20. The Morgan fingerprint density at radius 2 is 1.83 bits per heavy atom. The first-order chi connectivity index (χ1) is 8.61. The van der Waals surface area contributed by atoms with Gasteiger partial charge in [0.05, 0.1) is 0 Å². The number of ketones is 1. The quantitative estimate of drug-likeness (QED) is 0.767. The van der Waals surface area contributed by atoms with Gasteiger partial charge in [-0.3, -0.25) is 14.6 Å². The Morgan fingerprint density at radius 1 is 1.28 bits per heavy atom. The Bertz CT molecular complexity index is 325. The second-order valence-corrected chi connectivity index (χ2v) is 3.81. The fourth-order valence-electron chi connectivity index (χ4n) is 1.45. The molecule has 4 heteroatoms. The lowest BCUT2D eigenvalue weighted by molar-refractivity contribution is -0.127. The Kier molecular flexibility index (Phi) is 8.45. The largest absolute Gasteiger partial charge is 0.345 e. The van der Waals surface area contributed by atoms with E-state index in [0.717, 1.165) is 0 Å². The van der Waals surface area contributed by atoms with Crippen molar-refractivity contribution >= 4 is 11.7 Å². The van der Waals surface area contributed by atoms with E-state index in [2.05, 4.69) is 4.98 Å². The normalized spacial score (nSPS) is 17.2. The third-order valence-electron chi connectivity index (χ3n) is 2.48. The van der Waals surface area contributed by atoms with Crippen LogP contribution in [0.4, 0.5) is 0 Å². The maximum absolute atomic E-state index is 10.9. The summed E-state index contributed by atoms with van der Waals surface area (Å²) in [5, 5.41) is 0. The van der Waals surface area contributed by atoms with Crippen LogP contribution in [-0.2, 0) is 9.59 Å². The summed E-state index contributed by atoms with van der Waals surface area (Å²) in [6.07, 6.45) is 3.91. The van der Waals surface area contributed by atoms with E-state index in [4.69, 9.17) is 0 Å². The van der Waals surface area contributed by atoms with Gasteiger partial charge < -0.3 is 4.90 Å². The molecule has 100 valence electrons. The van der Waals surface area contributed by atoms with Gasteiger partial charge in [-0.25, -0.2) is 0 Å². The van der Waals surface area contributed by atoms with Gasteiger partial charge in [-0.05, 0) is 19.1 Å². The van der Waals surface area contributed by atoms with Crippen LogP contribution in [0, 0.1) is 5.92 Å². The molecule has 0 N–H and O–H groups in total. The zero-order valence-electron chi connectivity index (χ0n) is 11.6. The van der Waals surface area contributed by atoms with E-state index in [1.807, 2.05) is 32.0 Å². The molecule has 4 nitrogen and oxygen atoms in total. The van der Waals surface area contributed by atoms with Crippen LogP contribution in [0.25, 0.3) is 0 Å². The molecule has 0 aromatic carbocycles. The molecule has 0 spiro atoms. The Balaban J connectivity index is 0.000000308. The average molecular weight is 250 g/mol. The van der Waals surface area contributed by atoms with Crippen LogP contribution in [0.3, 0.4) is 0 Å². The zero-order chi connectivity index (χ0) is 14.0. The van der Waals surface area contributed by atoms with Gasteiger partial charge >= 0.3 is 0 Å². The molecule has 1 fully saturated rings. The summed E-state index contributed by atoms with van der Waals surface area (Å²) in [6, 6.07) is 5.72. The summed E-state index contributed by atoms with van der Waals surface area (Å²) in [7, 11) is 1.73. The summed E-state index contributed by atoms with van der Waals surface area (Å²) in [6.45, 7) is 6.14. The van der Waals surface area contributed by atoms with Crippen LogP contribution in [0.15, 0.2) is 30.6 Å². The van der Waals surface area contributed by atoms with E-state index in [-0.39, 0.29) is 17.6 Å². The molecule has 1 saturated heterocycles. The maximum atomic E-state index is 10.9. The van der Waals surface area contributed by atoms with Gasteiger partial charge in [-0.2, -0.15) is 0 Å². The number of rotatable bonds is 1. The van der Waals surface area contributed by atoms with E-state index in [1.165, 1.54) is 6.92 Å². The van der Waals surface area contributed by atoms with Crippen LogP contribution >= 0.6 is 0 Å². The van der Waals surface area contributed by atoms with Gasteiger partial charge in [-0.15, -0.1) is 0 Å². The molecule has 0 unspecified atom stereocenters. The van der Waals surface area contributed by atoms with Gasteiger partial charge in [0.15, 0.2) is 0 Å². The maximum Gasteiger partial charge on any atom is 0.223 e. The van der Waals surface area contributed by atoms with Crippen LogP contribution in [0.5, 0.6) is 0 Å². The highest BCUT2D eigenvalue weighted by Crippen LogP contribution is 2.15. The number of aromatic nitrogens is 1. The van der Waals surface area contributed by atoms with Crippen molar-refractivity contribution in [2.24, 2.45) is 5.92 Å². The standard InChI is InChI=1S/C7H11NO2.C5H5N.C2H6/c1-5(9)6-3-7(10)8(2)4-6;1-2-4-6-5-3-1;1-2/h6H,3-4H2,1-2H3;1-5H;1-2H3/t6-;;/m0../s1. The van der Waals surface area contributed by atoms with Crippen molar-refractivity contribution in [3.05, 3.63) is 30.6 Å². The molecule has 2 heterocycles. The number of amides is 1. The van der Waals surface area contributed by atoms with Crippen molar-refractivity contribution in [1.82, 2.24) is 9.88 Å². The van der Waals surface area contributed by atoms with Crippen molar-refractivity contribution in [2.75, 3.05) is 13.6 Å². The highest BCUT2D eigenvalue weighted by atomic mass is 16.2. The molecule has 1 aromatic heterocycles. The lowest BCUT2D eigenvalue weighted by Crippen LogP contribution is -2.20. The fourth-order valence-corrected chi connectivity index (χ4v) is 1.45. The summed E-state index contributed by atoms with van der Waals surface area (Å²) in [5.74, 6) is 0.162. The van der Waals surface area contributed by atoms with E-state index in [1.54, 1.807) is 24.3 Å². The number of nitrogens with zero attached hydrogens (tertiary/aromatic N) is 2. The smallest absolute Gasteiger partial charge is 0.223 e. The predicted molar refractivity (Wildman–Crippen MR) is 72.0 cm³/mol. The molecule has 1 atom stereocenters. The lowest BCUT2D eigenvalue weighted by Gasteiger charge is -2.06. The SMILES string of the molecule is CC.CC(=O)[C@H]1CC(=O)N(C)C1.c1ccncc1. The van der Waals surface area contributed by atoms with Gasteiger partial charge in [0.1, 0.15) is 5.78 Å². The third kappa shape index (κ3) is 6.13. The molecule has 0 bridgehead atoms. The lowest BCUT2D eigenvalue weighted by atomic mass is 10.1. The number of hydrogen-bond acceptors (Lipinski definition) is 3. The van der Waals surface area contributed by atoms with Gasteiger partial charge in [0, 0.05) is 38.3 Å². The highest BCUT2D eigenvalue weighted by molar-refractivity contribution is 5.88. The molecular weight excluding hydrogens is 228 g/mol. The second-order valence-electron chi connectivity index (χ2n) is 3.81. The van der Waals surface area contributed by atoms with Crippen LogP contribution in [0.1, 0.15) is 27.2 Å². The summed E-state index contributed by atoms with van der Waals surface area (Å²) in [5.41, 5.74) is 0. The number of carbonyl (C=O) groups excluding carboxylic acids is 2. The zero-order valence-corrected chi connectivity index (χ0v) is 11.6. The van der Waals surface area contributed by atoms with Crippen LogP contribution < -0.4 is 0 Å². The van der Waals surface area contributed by atoms with E-state index in [0.29, 0.717) is 13.0 Å². The van der Waals surface area contributed by atoms with E-state index >= 15 is 0 Å². The monoisotopic (exact) mass is 250 g/mol. The van der Waals surface area contributed by atoms with Crippen molar-refractivity contribution < 1.29 is 9.59 Å². The van der Waals surface area contributed by atoms with Gasteiger partial charge in [0.2, 0.25) is 5.91 Å². The minimum atomic E-state index is -0.0440. The van der Waals surface area contributed by atoms with Crippen molar-refractivity contribution in [1.29, 1.82) is 0 Å². The molecule has 0 aliphatic carbocycles. The number of likely N-dealkylation sites (tertiary alicyclic amines) is 1. The molecule has 0 radical (unpaired) electrons. The third-order valence-corrected chi connectivity index (χ3v) is 2.48. The molecule has 1 aromatic rings. The Hall–Kier alpha value is -1.71. The number of hydrogen-bond donors (Lipinski definition) is 0. The number of Topliss-reactive ketones (excluding diaryl/α,β-unsaturated/α-hetero) is 1. The van der Waals surface area contributed by atoms with Gasteiger partial charge in [0.25, 0.3) is 0 Å². The van der Waals surface area contributed by atoms with E-state index < -0.39 is 0 Å². The molecule has 0 saturated carbocycles.